The first kappa shape index (κ1) is 15.7. The summed E-state index contributed by atoms with van der Waals surface area (Å²) in [6.45, 7) is 3.73. The number of halogens is 2. The van der Waals surface area contributed by atoms with E-state index in [-0.39, 0.29) is 6.54 Å². The van der Waals surface area contributed by atoms with Crippen LogP contribution in [0.2, 0.25) is 0 Å². The molecule has 98 valence electrons. The molecule has 0 radical (unpaired) electrons. The van der Waals surface area contributed by atoms with Gasteiger partial charge in [-0.1, -0.05) is 6.92 Å². The Kier molecular flexibility index (Phi) is 7.01. The van der Waals surface area contributed by atoms with Crippen molar-refractivity contribution in [2.24, 2.45) is 0 Å². The predicted molar refractivity (Wildman–Crippen MR) is 60.2 cm³/mol. The Balaban J connectivity index is 4.29. The highest BCUT2D eigenvalue weighted by molar-refractivity contribution is 7.89. The van der Waals surface area contributed by atoms with Crippen LogP contribution in [-0.4, -0.2) is 51.1 Å². The summed E-state index contributed by atoms with van der Waals surface area (Å²) in [4.78, 5) is 0. The van der Waals surface area contributed by atoms with Gasteiger partial charge < -0.3 is 5.32 Å². The summed E-state index contributed by atoms with van der Waals surface area (Å²) >= 11 is 0. The molecule has 0 amide bonds. The van der Waals surface area contributed by atoms with Crippen LogP contribution in [0, 0.1) is 0 Å². The van der Waals surface area contributed by atoms with E-state index in [1.807, 2.05) is 6.92 Å². The molecule has 0 bridgehead atoms. The predicted octanol–water partition coefficient (Wildman–Crippen LogP) is 0.901. The van der Waals surface area contributed by atoms with Gasteiger partial charge in [-0.25, -0.2) is 17.2 Å². The Hall–Kier alpha value is -0.270. The maximum Gasteiger partial charge on any atom is 0.252 e. The molecule has 0 aliphatic rings. The lowest BCUT2D eigenvalue weighted by molar-refractivity contribution is 0.126. The molecule has 0 rings (SSSR count). The number of nitrogens with zero attached hydrogens (tertiary/aromatic N) is 1. The number of nitrogens with one attached hydrogen (secondary N) is 1. The smallest absolute Gasteiger partial charge is 0.252 e. The second-order valence-electron chi connectivity index (χ2n) is 3.73. The summed E-state index contributed by atoms with van der Waals surface area (Å²) in [5.74, 6) is 0. The van der Waals surface area contributed by atoms with E-state index in [0.29, 0.717) is 0 Å². The molecule has 0 spiro atoms. The topological polar surface area (TPSA) is 49.4 Å². The van der Waals surface area contributed by atoms with E-state index in [1.165, 1.54) is 14.0 Å². The monoisotopic (exact) mass is 258 g/mol. The summed E-state index contributed by atoms with van der Waals surface area (Å²) in [5, 5.41) is 2.26. The van der Waals surface area contributed by atoms with Gasteiger partial charge in [-0.2, -0.15) is 4.31 Å². The molecule has 1 atom stereocenters. The van der Waals surface area contributed by atoms with Crippen LogP contribution in [0.1, 0.15) is 20.3 Å². The van der Waals surface area contributed by atoms with Gasteiger partial charge in [0.15, 0.2) is 0 Å². The fraction of sp³-hybridized carbons (Fsp3) is 1.00. The van der Waals surface area contributed by atoms with Gasteiger partial charge in [0.05, 0.1) is 11.8 Å². The maximum absolute atomic E-state index is 12.1. The largest absolute Gasteiger partial charge is 0.315 e. The minimum absolute atomic E-state index is 0.281. The summed E-state index contributed by atoms with van der Waals surface area (Å²) in [5.41, 5.74) is 0. The number of rotatable bonds is 8. The average Bonchev–Trinajstić information content (AvgIpc) is 2.16. The molecule has 0 saturated heterocycles. The van der Waals surface area contributed by atoms with Gasteiger partial charge in [0.1, 0.15) is 0 Å². The molecule has 7 heteroatoms. The molecule has 4 nitrogen and oxygen atoms in total. The SMILES string of the molecule is CCCNCC(C)S(=O)(=O)N(C)CC(F)F. The molecule has 0 heterocycles. The Morgan fingerprint density at radius 2 is 1.94 bits per heavy atom. The summed E-state index contributed by atoms with van der Waals surface area (Å²) in [6.07, 6.45) is -1.74. The van der Waals surface area contributed by atoms with Crippen molar-refractivity contribution in [3.63, 3.8) is 0 Å². The van der Waals surface area contributed by atoms with Crippen LogP contribution in [0.4, 0.5) is 8.78 Å². The standard InChI is InChI=1S/C9H20F2N2O2S/c1-4-5-12-6-8(2)16(14,15)13(3)7-9(10)11/h8-9,12H,4-7H2,1-3H3. The van der Waals surface area contributed by atoms with E-state index in [2.05, 4.69) is 5.32 Å². The number of hydrogen-bond acceptors (Lipinski definition) is 3. The molecule has 0 aromatic carbocycles. The number of sulfonamides is 1. The minimum atomic E-state index is -3.62. The van der Waals surface area contributed by atoms with Crippen molar-refractivity contribution in [2.45, 2.75) is 31.9 Å². The van der Waals surface area contributed by atoms with Crippen molar-refractivity contribution < 1.29 is 17.2 Å². The molecule has 0 aromatic rings. The van der Waals surface area contributed by atoms with E-state index in [0.717, 1.165) is 17.3 Å². The summed E-state index contributed by atoms with van der Waals surface area (Å²) in [7, 11) is -2.45. The highest BCUT2D eigenvalue weighted by atomic mass is 32.2. The lowest BCUT2D eigenvalue weighted by atomic mass is 10.4. The van der Waals surface area contributed by atoms with Gasteiger partial charge in [-0.05, 0) is 19.9 Å². The average molecular weight is 258 g/mol. The van der Waals surface area contributed by atoms with Gasteiger partial charge in [0.2, 0.25) is 10.0 Å². The molecule has 0 fully saturated rings. The third-order valence-electron chi connectivity index (χ3n) is 2.20. The molecule has 1 N–H and O–H groups in total. The molecule has 0 aromatic heterocycles. The number of hydrogen-bond donors (Lipinski definition) is 1. The molecule has 0 aliphatic carbocycles. The van der Waals surface area contributed by atoms with E-state index < -0.39 is 28.2 Å². The molecule has 1 unspecified atom stereocenters. The van der Waals surface area contributed by atoms with Crippen LogP contribution in [-0.2, 0) is 10.0 Å². The normalized spacial score (nSPS) is 14.7. The Bertz CT molecular complexity index is 283. The van der Waals surface area contributed by atoms with Crippen molar-refractivity contribution in [3.05, 3.63) is 0 Å². The van der Waals surface area contributed by atoms with Gasteiger partial charge in [0.25, 0.3) is 6.43 Å². The second-order valence-corrected chi connectivity index (χ2v) is 6.19. The highest BCUT2D eigenvalue weighted by Gasteiger charge is 2.27. The van der Waals surface area contributed by atoms with Gasteiger partial charge in [0, 0.05) is 13.6 Å². The van der Waals surface area contributed by atoms with Crippen molar-refractivity contribution in [1.29, 1.82) is 0 Å². The Morgan fingerprint density at radius 3 is 2.38 bits per heavy atom. The Labute approximate surface area is 96.1 Å². The first-order valence-corrected chi connectivity index (χ1v) is 6.76. The van der Waals surface area contributed by atoms with E-state index in [4.69, 9.17) is 0 Å². The van der Waals surface area contributed by atoms with Gasteiger partial charge in [-0.3, -0.25) is 0 Å². The first-order chi connectivity index (χ1) is 7.32. The highest BCUT2D eigenvalue weighted by Crippen LogP contribution is 2.08. The first-order valence-electron chi connectivity index (χ1n) is 5.26. The quantitative estimate of drug-likeness (QED) is 0.658. The zero-order chi connectivity index (χ0) is 12.8. The van der Waals surface area contributed by atoms with Gasteiger partial charge >= 0.3 is 0 Å². The molecular formula is C9H20F2N2O2S. The lowest BCUT2D eigenvalue weighted by Crippen LogP contribution is -2.42. The van der Waals surface area contributed by atoms with E-state index in [9.17, 15) is 17.2 Å². The second kappa shape index (κ2) is 7.13. The lowest BCUT2D eigenvalue weighted by Gasteiger charge is -2.21. The third-order valence-corrected chi connectivity index (χ3v) is 4.40. The zero-order valence-electron chi connectivity index (χ0n) is 9.91. The van der Waals surface area contributed by atoms with E-state index in [1.54, 1.807) is 0 Å². The molecule has 16 heavy (non-hydrogen) atoms. The van der Waals surface area contributed by atoms with Crippen molar-refractivity contribution in [3.8, 4) is 0 Å². The molecule has 0 aliphatic heterocycles. The fourth-order valence-electron chi connectivity index (χ4n) is 1.19. The third kappa shape index (κ3) is 5.18. The fourth-order valence-corrected chi connectivity index (χ4v) is 2.46. The maximum atomic E-state index is 12.1. The Morgan fingerprint density at radius 1 is 1.38 bits per heavy atom. The van der Waals surface area contributed by atoms with Crippen LogP contribution >= 0.6 is 0 Å². The van der Waals surface area contributed by atoms with Crippen LogP contribution in [0.3, 0.4) is 0 Å². The number of alkyl halides is 2. The van der Waals surface area contributed by atoms with Crippen molar-refractivity contribution in [1.82, 2.24) is 9.62 Å². The summed E-state index contributed by atoms with van der Waals surface area (Å²) < 4.78 is 48.3. The van der Waals surface area contributed by atoms with Crippen LogP contribution in [0.5, 0.6) is 0 Å². The van der Waals surface area contributed by atoms with Crippen LogP contribution in [0.25, 0.3) is 0 Å². The van der Waals surface area contributed by atoms with Crippen LogP contribution in [0.15, 0.2) is 0 Å². The minimum Gasteiger partial charge on any atom is -0.315 e. The molecular weight excluding hydrogens is 238 g/mol. The zero-order valence-corrected chi connectivity index (χ0v) is 10.7. The van der Waals surface area contributed by atoms with Gasteiger partial charge in [-0.15, -0.1) is 0 Å². The summed E-state index contributed by atoms with van der Waals surface area (Å²) in [6, 6.07) is 0. The van der Waals surface area contributed by atoms with E-state index >= 15 is 0 Å². The van der Waals surface area contributed by atoms with Crippen molar-refractivity contribution in [2.75, 3.05) is 26.7 Å². The molecule has 0 saturated carbocycles. The van der Waals surface area contributed by atoms with Crippen molar-refractivity contribution >= 4 is 10.0 Å². The van der Waals surface area contributed by atoms with Crippen LogP contribution < -0.4 is 5.32 Å².